The van der Waals surface area contributed by atoms with E-state index in [1.54, 1.807) is 26.4 Å². The Morgan fingerprint density at radius 3 is 2.51 bits per heavy atom. The number of phenols is 2. The maximum atomic E-state index is 11.4. The molecule has 1 amide bonds. The Bertz CT molecular complexity index is 1270. The Hall–Kier alpha value is -4.20. The van der Waals surface area contributed by atoms with Gasteiger partial charge in [-0.2, -0.15) is 5.10 Å². The van der Waals surface area contributed by atoms with Gasteiger partial charge in [0.1, 0.15) is 11.5 Å². The molecular formula is C27H29N3O5. The molecule has 0 aromatic heterocycles. The van der Waals surface area contributed by atoms with Crippen molar-refractivity contribution >= 4 is 17.2 Å². The van der Waals surface area contributed by atoms with Gasteiger partial charge in [0.15, 0.2) is 11.5 Å². The van der Waals surface area contributed by atoms with Gasteiger partial charge >= 0.3 is 0 Å². The smallest absolute Gasteiger partial charge is 0.240 e. The molecule has 1 aliphatic carbocycles. The second-order valence-corrected chi connectivity index (χ2v) is 8.44. The quantitative estimate of drug-likeness (QED) is 0.481. The molecule has 0 unspecified atom stereocenters. The van der Waals surface area contributed by atoms with E-state index in [-0.39, 0.29) is 17.4 Å². The number of nitrogens with one attached hydrogen (secondary N) is 1. The molecule has 0 bridgehead atoms. The second-order valence-electron chi connectivity index (χ2n) is 8.44. The van der Waals surface area contributed by atoms with Crippen molar-refractivity contribution in [3.05, 3.63) is 76.5 Å². The van der Waals surface area contributed by atoms with Crippen LogP contribution in [0.3, 0.4) is 0 Å². The molecule has 0 fully saturated rings. The first-order chi connectivity index (χ1) is 16.9. The lowest BCUT2D eigenvalue weighted by Crippen LogP contribution is -2.27. The molecule has 1 heterocycles. The molecule has 0 saturated heterocycles. The van der Waals surface area contributed by atoms with Crippen LogP contribution >= 0.6 is 0 Å². The van der Waals surface area contributed by atoms with Crippen molar-refractivity contribution in [3.8, 4) is 23.0 Å². The fourth-order valence-electron chi connectivity index (χ4n) is 4.36. The summed E-state index contributed by atoms with van der Waals surface area (Å²) in [6.45, 7) is 0. The van der Waals surface area contributed by atoms with Gasteiger partial charge < -0.3 is 25.4 Å². The second kappa shape index (κ2) is 10.4. The molecule has 0 spiro atoms. The van der Waals surface area contributed by atoms with Gasteiger partial charge in [-0.25, -0.2) is 5.43 Å². The van der Waals surface area contributed by atoms with Crippen molar-refractivity contribution in [3.63, 3.8) is 0 Å². The van der Waals surface area contributed by atoms with Gasteiger partial charge in [0.2, 0.25) is 5.91 Å². The van der Waals surface area contributed by atoms with Crippen LogP contribution in [-0.2, 0) is 11.2 Å². The van der Waals surface area contributed by atoms with E-state index in [2.05, 4.69) is 10.5 Å². The van der Waals surface area contributed by atoms with Crippen molar-refractivity contribution in [1.29, 1.82) is 0 Å². The highest BCUT2D eigenvalue weighted by molar-refractivity contribution is 6.06. The SMILES string of the molecule is COc1ccc(CCC(=C2C=CC(C3=NNC(=O)CC3)=C(N)C2)c2ccc(O)cc2O)cc1OC. The van der Waals surface area contributed by atoms with Crippen LogP contribution in [0.15, 0.2) is 70.5 Å². The van der Waals surface area contributed by atoms with Gasteiger partial charge in [0.25, 0.3) is 0 Å². The number of nitrogens with two attached hydrogens (primary N) is 1. The van der Waals surface area contributed by atoms with Gasteiger partial charge in [-0.15, -0.1) is 0 Å². The number of hydrazone groups is 1. The Morgan fingerprint density at radius 1 is 1.06 bits per heavy atom. The zero-order chi connectivity index (χ0) is 24.9. The molecule has 5 N–H and O–H groups in total. The van der Waals surface area contributed by atoms with Crippen molar-refractivity contribution in [2.75, 3.05) is 14.2 Å². The molecule has 8 heteroatoms. The van der Waals surface area contributed by atoms with E-state index >= 15 is 0 Å². The monoisotopic (exact) mass is 475 g/mol. The lowest BCUT2D eigenvalue weighted by Gasteiger charge is -2.22. The first kappa shape index (κ1) is 23.9. The average Bonchev–Trinajstić information content (AvgIpc) is 2.85. The number of amides is 1. The largest absolute Gasteiger partial charge is 0.508 e. The number of nitrogens with zero attached hydrogens (tertiary/aromatic N) is 1. The number of hydrogen-bond donors (Lipinski definition) is 4. The molecule has 0 radical (unpaired) electrons. The summed E-state index contributed by atoms with van der Waals surface area (Å²) in [5, 5.41) is 24.6. The predicted molar refractivity (Wildman–Crippen MR) is 134 cm³/mol. The van der Waals surface area contributed by atoms with Crippen LogP contribution in [0, 0.1) is 0 Å². The number of aromatic hydroxyl groups is 2. The number of carbonyl (C=O) groups excluding carboxylic acids is 1. The molecule has 2 aromatic carbocycles. The predicted octanol–water partition coefficient (Wildman–Crippen LogP) is 3.94. The van der Waals surface area contributed by atoms with E-state index in [9.17, 15) is 15.0 Å². The Morgan fingerprint density at radius 2 is 1.86 bits per heavy atom. The number of allylic oxidation sites excluding steroid dienone is 5. The Balaban J connectivity index is 1.67. The molecule has 35 heavy (non-hydrogen) atoms. The van der Waals surface area contributed by atoms with Gasteiger partial charge in [-0.3, -0.25) is 4.79 Å². The van der Waals surface area contributed by atoms with Crippen molar-refractivity contribution < 1.29 is 24.5 Å². The van der Waals surface area contributed by atoms with E-state index in [1.165, 1.54) is 6.07 Å². The minimum Gasteiger partial charge on any atom is -0.508 e. The number of aryl methyl sites for hydroxylation is 1. The fourth-order valence-corrected chi connectivity index (χ4v) is 4.36. The van der Waals surface area contributed by atoms with Crippen LogP contribution in [0.2, 0.25) is 0 Å². The first-order valence-corrected chi connectivity index (χ1v) is 11.4. The number of hydrogen-bond acceptors (Lipinski definition) is 7. The number of carbonyl (C=O) groups is 1. The van der Waals surface area contributed by atoms with E-state index in [4.69, 9.17) is 15.2 Å². The van der Waals surface area contributed by atoms with Gasteiger partial charge in [-0.1, -0.05) is 18.2 Å². The van der Waals surface area contributed by atoms with Gasteiger partial charge in [0.05, 0.1) is 19.9 Å². The Kier molecular flexibility index (Phi) is 7.10. The van der Waals surface area contributed by atoms with Crippen LogP contribution < -0.4 is 20.6 Å². The third-order valence-electron chi connectivity index (χ3n) is 6.20. The summed E-state index contributed by atoms with van der Waals surface area (Å²) < 4.78 is 10.8. The zero-order valence-corrected chi connectivity index (χ0v) is 19.8. The van der Waals surface area contributed by atoms with E-state index in [0.29, 0.717) is 54.9 Å². The van der Waals surface area contributed by atoms with Crippen LogP contribution in [0.25, 0.3) is 5.57 Å². The molecule has 4 rings (SSSR count). The van der Waals surface area contributed by atoms with E-state index < -0.39 is 0 Å². The van der Waals surface area contributed by atoms with Gasteiger partial charge in [0, 0.05) is 42.2 Å². The molecule has 1 aliphatic heterocycles. The van der Waals surface area contributed by atoms with Crippen molar-refractivity contribution in [2.45, 2.75) is 32.1 Å². The highest BCUT2D eigenvalue weighted by atomic mass is 16.5. The van der Waals surface area contributed by atoms with E-state index in [0.717, 1.165) is 28.0 Å². The third-order valence-corrected chi connectivity index (χ3v) is 6.20. The summed E-state index contributed by atoms with van der Waals surface area (Å²) in [6.07, 6.45) is 6.59. The first-order valence-electron chi connectivity index (χ1n) is 11.4. The van der Waals surface area contributed by atoms with Crippen LogP contribution in [0.5, 0.6) is 23.0 Å². The van der Waals surface area contributed by atoms with E-state index in [1.807, 2.05) is 30.4 Å². The minimum atomic E-state index is -0.103. The molecule has 182 valence electrons. The maximum Gasteiger partial charge on any atom is 0.240 e. The molecule has 0 saturated carbocycles. The van der Waals surface area contributed by atoms with Crippen molar-refractivity contribution in [1.82, 2.24) is 5.43 Å². The summed E-state index contributed by atoms with van der Waals surface area (Å²) >= 11 is 0. The lowest BCUT2D eigenvalue weighted by molar-refractivity contribution is -0.121. The summed E-state index contributed by atoms with van der Waals surface area (Å²) in [7, 11) is 3.20. The summed E-state index contributed by atoms with van der Waals surface area (Å²) in [6, 6.07) is 10.4. The summed E-state index contributed by atoms with van der Waals surface area (Å²) in [4.78, 5) is 11.4. The minimum absolute atomic E-state index is 0.000859. The number of benzene rings is 2. The molecule has 0 atom stereocenters. The summed E-state index contributed by atoms with van der Waals surface area (Å²) in [5.74, 6) is 1.21. The van der Waals surface area contributed by atoms with Crippen LogP contribution in [0.1, 0.15) is 36.8 Å². The number of methoxy groups -OCH3 is 2. The summed E-state index contributed by atoms with van der Waals surface area (Å²) in [5.41, 5.74) is 14.8. The highest BCUT2D eigenvalue weighted by Crippen LogP contribution is 2.38. The topological polar surface area (TPSA) is 126 Å². The molecule has 8 nitrogen and oxygen atoms in total. The molecule has 2 aromatic rings. The number of rotatable bonds is 7. The standard InChI is InChI=1S/C27H29N3O5/c1-34-25-11-4-16(13-26(25)35-2)3-7-19(20-9-6-18(31)15-24(20)32)17-5-8-21(22(28)14-17)23-10-12-27(33)30-29-23/h4-6,8-9,11,13,15,31-32H,3,7,10,12,14,28H2,1-2H3,(H,30,33). The Labute approximate surface area is 204 Å². The number of phenolic OH excluding ortho intramolecular Hbond substituents is 2. The molecule has 2 aliphatic rings. The maximum absolute atomic E-state index is 11.4. The van der Waals surface area contributed by atoms with Gasteiger partial charge in [-0.05, 0) is 53.8 Å². The lowest BCUT2D eigenvalue weighted by atomic mass is 9.86. The normalized spacial score (nSPS) is 17.1. The van der Waals surface area contributed by atoms with Crippen LogP contribution in [-0.4, -0.2) is 36.1 Å². The fraction of sp³-hybridized carbons (Fsp3) is 0.259. The highest BCUT2D eigenvalue weighted by Gasteiger charge is 2.21. The average molecular weight is 476 g/mol. The van der Waals surface area contributed by atoms with Crippen molar-refractivity contribution in [2.24, 2.45) is 10.8 Å². The zero-order valence-electron chi connectivity index (χ0n) is 19.8. The van der Waals surface area contributed by atoms with Crippen LogP contribution in [0.4, 0.5) is 0 Å². The molecular weight excluding hydrogens is 446 g/mol. The third kappa shape index (κ3) is 5.32. The number of ether oxygens (including phenoxy) is 2.